The van der Waals surface area contributed by atoms with Crippen molar-refractivity contribution < 1.29 is 19.8 Å². The first-order valence-electron chi connectivity index (χ1n) is 6.75. The maximum absolute atomic E-state index is 11.8. The Balaban J connectivity index is 2.70. The van der Waals surface area contributed by atoms with Gasteiger partial charge in [0.15, 0.2) is 0 Å². The third-order valence-corrected chi connectivity index (χ3v) is 3.18. The number of halogens is 1. The molecular formula is C15H20ClNO4. The number of carbonyl (C=O) groups is 2. The molecule has 6 heteroatoms. The average Bonchev–Trinajstić information content (AvgIpc) is 2.36. The van der Waals surface area contributed by atoms with Crippen LogP contribution in [0.5, 0.6) is 0 Å². The Morgan fingerprint density at radius 3 is 2.52 bits per heavy atom. The number of carbonyl (C=O) groups excluding carboxylic acids is 1. The summed E-state index contributed by atoms with van der Waals surface area (Å²) in [6.07, 6.45) is -0.808. The van der Waals surface area contributed by atoms with Crippen molar-refractivity contribution in [3.05, 3.63) is 34.9 Å². The highest BCUT2D eigenvalue weighted by Crippen LogP contribution is 2.13. The number of aliphatic carboxylic acids is 1. The molecule has 1 aromatic carbocycles. The van der Waals surface area contributed by atoms with E-state index in [4.69, 9.17) is 11.6 Å². The van der Waals surface area contributed by atoms with Gasteiger partial charge in [-0.15, -0.1) is 0 Å². The molecule has 0 saturated heterocycles. The van der Waals surface area contributed by atoms with E-state index >= 15 is 0 Å². The number of hydrogen-bond donors (Lipinski definition) is 3. The van der Waals surface area contributed by atoms with Gasteiger partial charge in [0.1, 0.15) is 12.1 Å². The van der Waals surface area contributed by atoms with Crippen molar-refractivity contribution in [2.75, 3.05) is 0 Å². The van der Waals surface area contributed by atoms with E-state index in [0.717, 1.165) is 0 Å². The maximum Gasteiger partial charge on any atom is 0.326 e. The predicted molar refractivity (Wildman–Crippen MR) is 80.2 cm³/mol. The van der Waals surface area contributed by atoms with Crippen molar-refractivity contribution in [2.45, 2.75) is 38.8 Å². The molecule has 1 amide bonds. The zero-order valence-corrected chi connectivity index (χ0v) is 12.8. The van der Waals surface area contributed by atoms with Crippen LogP contribution in [0.2, 0.25) is 5.02 Å². The van der Waals surface area contributed by atoms with Gasteiger partial charge < -0.3 is 15.5 Å². The van der Waals surface area contributed by atoms with Crippen LogP contribution in [0.15, 0.2) is 24.3 Å². The number of amides is 1. The molecule has 0 aliphatic heterocycles. The lowest BCUT2D eigenvalue weighted by molar-refractivity contribution is -0.143. The summed E-state index contributed by atoms with van der Waals surface area (Å²) >= 11 is 5.85. The lowest BCUT2D eigenvalue weighted by Gasteiger charge is -2.18. The van der Waals surface area contributed by atoms with E-state index in [1.165, 1.54) is 0 Å². The van der Waals surface area contributed by atoms with E-state index in [1.807, 2.05) is 13.8 Å². The van der Waals surface area contributed by atoms with Gasteiger partial charge in [-0.1, -0.05) is 37.6 Å². The standard InChI is InChI=1S/C15H20ClNO4/c1-9(2)6-13(18)14(19)17-12(15(20)21)8-10-4-3-5-11(16)7-10/h3-5,7,9,12-13,18H,6,8H2,1-2H3,(H,17,19)(H,20,21)/t12-,13-/m1/s1. The molecule has 0 bridgehead atoms. The Morgan fingerprint density at radius 1 is 1.33 bits per heavy atom. The summed E-state index contributed by atoms with van der Waals surface area (Å²) in [6.45, 7) is 3.74. The second-order valence-corrected chi connectivity index (χ2v) is 5.82. The molecule has 2 atom stereocenters. The summed E-state index contributed by atoms with van der Waals surface area (Å²) in [5, 5.41) is 21.8. The summed E-state index contributed by atoms with van der Waals surface area (Å²) in [7, 11) is 0. The van der Waals surface area contributed by atoms with Gasteiger partial charge in [-0.05, 0) is 30.0 Å². The SMILES string of the molecule is CC(C)C[C@@H](O)C(=O)N[C@H](Cc1cccc(Cl)c1)C(=O)O. The highest BCUT2D eigenvalue weighted by Gasteiger charge is 2.24. The summed E-state index contributed by atoms with van der Waals surface area (Å²) < 4.78 is 0. The van der Waals surface area contributed by atoms with Crippen molar-refractivity contribution in [1.82, 2.24) is 5.32 Å². The minimum absolute atomic E-state index is 0.107. The van der Waals surface area contributed by atoms with Crippen molar-refractivity contribution in [3.63, 3.8) is 0 Å². The number of nitrogens with one attached hydrogen (secondary N) is 1. The van der Waals surface area contributed by atoms with Crippen LogP contribution >= 0.6 is 11.6 Å². The Labute approximate surface area is 128 Å². The van der Waals surface area contributed by atoms with Crippen LogP contribution in [0.3, 0.4) is 0 Å². The van der Waals surface area contributed by atoms with E-state index in [1.54, 1.807) is 24.3 Å². The van der Waals surface area contributed by atoms with Crippen LogP contribution in [0, 0.1) is 5.92 Å². The van der Waals surface area contributed by atoms with E-state index in [0.29, 0.717) is 10.6 Å². The molecule has 0 unspecified atom stereocenters. The third kappa shape index (κ3) is 6.14. The number of carboxylic acid groups (broad SMARTS) is 1. The van der Waals surface area contributed by atoms with Crippen LogP contribution in [-0.2, 0) is 16.0 Å². The number of aliphatic hydroxyl groups excluding tert-OH is 1. The number of carboxylic acids is 1. The fraction of sp³-hybridized carbons (Fsp3) is 0.467. The fourth-order valence-electron chi connectivity index (χ4n) is 1.92. The molecule has 0 fully saturated rings. The number of hydrogen-bond acceptors (Lipinski definition) is 3. The molecular weight excluding hydrogens is 294 g/mol. The first-order chi connectivity index (χ1) is 9.79. The smallest absolute Gasteiger partial charge is 0.326 e. The van der Waals surface area contributed by atoms with E-state index in [2.05, 4.69) is 5.32 Å². The van der Waals surface area contributed by atoms with Gasteiger partial charge in [0.05, 0.1) is 0 Å². The van der Waals surface area contributed by atoms with Crippen LogP contribution in [0.4, 0.5) is 0 Å². The highest BCUT2D eigenvalue weighted by atomic mass is 35.5. The van der Waals surface area contributed by atoms with Gasteiger partial charge >= 0.3 is 5.97 Å². The largest absolute Gasteiger partial charge is 0.480 e. The summed E-state index contributed by atoms with van der Waals surface area (Å²) in [4.78, 5) is 23.0. The minimum Gasteiger partial charge on any atom is -0.480 e. The van der Waals surface area contributed by atoms with Crippen LogP contribution in [-0.4, -0.2) is 34.2 Å². The first kappa shape index (κ1) is 17.5. The van der Waals surface area contributed by atoms with Gasteiger partial charge in [0.2, 0.25) is 5.91 Å². The summed E-state index contributed by atoms with van der Waals surface area (Å²) in [5.74, 6) is -1.68. The van der Waals surface area contributed by atoms with Crippen LogP contribution < -0.4 is 5.32 Å². The average molecular weight is 314 g/mol. The molecule has 3 N–H and O–H groups in total. The summed E-state index contributed by atoms with van der Waals surface area (Å²) in [5.41, 5.74) is 0.702. The molecule has 1 rings (SSSR count). The number of aliphatic hydroxyl groups is 1. The lowest BCUT2D eigenvalue weighted by atomic mass is 10.0. The van der Waals surface area contributed by atoms with Crippen molar-refractivity contribution in [2.24, 2.45) is 5.92 Å². The molecule has 5 nitrogen and oxygen atoms in total. The van der Waals surface area contributed by atoms with Crippen LogP contribution in [0.25, 0.3) is 0 Å². The topological polar surface area (TPSA) is 86.6 Å². The second-order valence-electron chi connectivity index (χ2n) is 5.38. The van der Waals surface area contributed by atoms with Gasteiger partial charge in [-0.25, -0.2) is 4.79 Å². The Morgan fingerprint density at radius 2 is 2.00 bits per heavy atom. The highest BCUT2D eigenvalue weighted by molar-refractivity contribution is 6.30. The number of benzene rings is 1. The van der Waals surface area contributed by atoms with Gasteiger partial charge in [-0.3, -0.25) is 4.79 Å². The fourth-order valence-corrected chi connectivity index (χ4v) is 2.13. The molecule has 0 heterocycles. The predicted octanol–water partition coefficient (Wildman–Crippen LogP) is 1.86. The molecule has 0 aliphatic rings. The second kappa shape index (κ2) is 8.00. The van der Waals surface area contributed by atoms with Gasteiger partial charge in [-0.2, -0.15) is 0 Å². The molecule has 0 radical (unpaired) electrons. The summed E-state index contributed by atoms with van der Waals surface area (Å²) in [6, 6.07) is 5.68. The maximum atomic E-state index is 11.8. The first-order valence-corrected chi connectivity index (χ1v) is 7.13. The lowest BCUT2D eigenvalue weighted by Crippen LogP contribution is -2.46. The quantitative estimate of drug-likeness (QED) is 0.717. The third-order valence-electron chi connectivity index (χ3n) is 2.94. The van der Waals surface area contributed by atoms with E-state index in [9.17, 15) is 19.8 Å². The minimum atomic E-state index is -1.20. The van der Waals surface area contributed by atoms with Crippen molar-refractivity contribution >= 4 is 23.5 Å². The van der Waals surface area contributed by atoms with E-state index < -0.39 is 24.0 Å². The Kier molecular flexibility index (Phi) is 6.65. The molecule has 0 aromatic heterocycles. The Hall–Kier alpha value is -1.59. The molecule has 0 spiro atoms. The normalized spacial score (nSPS) is 13.8. The monoisotopic (exact) mass is 313 g/mol. The molecule has 1 aromatic rings. The Bertz CT molecular complexity index is 504. The number of rotatable bonds is 7. The van der Waals surface area contributed by atoms with E-state index in [-0.39, 0.29) is 18.8 Å². The van der Waals surface area contributed by atoms with Gasteiger partial charge in [0.25, 0.3) is 0 Å². The van der Waals surface area contributed by atoms with Crippen molar-refractivity contribution in [1.29, 1.82) is 0 Å². The molecule has 0 saturated carbocycles. The van der Waals surface area contributed by atoms with Crippen LogP contribution in [0.1, 0.15) is 25.8 Å². The van der Waals surface area contributed by atoms with Crippen molar-refractivity contribution in [3.8, 4) is 0 Å². The zero-order chi connectivity index (χ0) is 16.0. The molecule has 0 aliphatic carbocycles. The van der Waals surface area contributed by atoms with Gasteiger partial charge in [0, 0.05) is 11.4 Å². The zero-order valence-electron chi connectivity index (χ0n) is 12.0. The molecule has 116 valence electrons. The molecule has 21 heavy (non-hydrogen) atoms.